The van der Waals surface area contributed by atoms with E-state index in [4.69, 9.17) is 26.1 Å². The van der Waals surface area contributed by atoms with Crippen molar-refractivity contribution in [1.29, 1.82) is 0 Å². The zero-order valence-corrected chi connectivity index (χ0v) is 21.9. The molecule has 3 heterocycles. The largest absolute Gasteiger partial charge is 0.457 e. The lowest BCUT2D eigenvalue weighted by atomic mass is 9.95. The molecule has 2 aromatic carbocycles. The summed E-state index contributed by atoms with van der Waals surface area (Å²) in [6.45, 7) is 6.43. The highest BCUT2D eigenvalue weighted by molar-refractivity contribution is 6.30. The molecular formula is C28H32ClN5O3. The molecule has 5 rings (SSSR count). The molecule has 8 nitrogen and oxygen atoms in total. The molecule has 37 heavy (non-hydrogen) atoms. The Bertz CT molecular complexity index is 1250. The molecule has 1 amide bonds. The molecular weight excluding hydrogens is 490 g/mol. The van der Waals surface area contributed by atoms with E-state index in [0.29, 0.717) is 36.5 Å². The number of carbonyl (C=O) groups excluding carboxylic acids is 1. The summed E-state index contributed by atoms with van der Waals surface area (Å²) in [6.07, 6.45) is 4.42. The first-order valence-electron chi connectivity index (χ1n) is 12.8. The van der Waals surface area contributed by atoms with E-state index in [1.165, 1.54) is 0 Å². The van der Waals surface area contributed by atoms with Crippen molar-refractivity contribution < 1.29 is 14.3 Å². The Hall–Kier alpha value is -3.52. The van der Waals surface area contributed by atoms with Gasteiger partial charge in [-0.3, -0.25) is 0 Å². The minimum Gasteiger partial charge on any atom is -0.457 e. The average Bonchev–Trinajstić information content (AvgIpc) is 2.89. The number of fused-ring (bicyclic) bond motifs is 1. The summed E-state index contributed by atoms with van der Waals surface area (Å²) in [5.41, 5.74) is 2.05. The second kappa shape index (κ2) is 11.3. The van der Waals surface area contributed by atoms with E-state index in [2.05, 4.69) is 15.2 Å². The number of amides is 1. The number of aromatic nitrogens is 2. The summed E-state index contributed by atoms with van der Waals surface area (Å²) in [5, 5.41) is 4.31. The van der Waals surface area contributed by atoms with Crippen LogP contribution in [0, 0.1) is 6.92 Å². The zero-order chi connectivity index (χ0) is 25.8. The molecule has 0 aliphatic carbocycles. The van der Waals surface area contributed by atoms with E-state index in [1.807, 2.05) is 62.5 Å². The third kappa shape index (κ3) is 5.91. The Labute approximate surface area is 222 Å². The van der Waals surface area contributed by atoms with Crippen molar-refractivity contribution in [2.75, 3.05) is 36.5 Å². The number of likely N-dealkylation sites (tertiary alicyclic amines) is 1. The smallest absolute Gasteiger partial charge is 0.409 e. The first kappa shape index (κ1) is 25.1. The minimum absolute atomic E-state index is 0.0768. The van der Waals surface area contributed by atoms with Crippen molar-refractivity contribution >= 4 is 29.2 Å². The molecule has 2 aliphatic rings. The summed E-state index contributed by atoms with van der Waals surface area (Å²) in [6, 6.07) is 15.7. The van der Waals surface area contributed by atoms with Crippen LogP contribution in [0.25, 0.3) is 0 Å². The van der Waals surface area contributed by atoms with E-state index in [0.717, 1.165) is 54.4 Å². The van der Waals surface area contributed by atoms with Gasteiger partial charge in [0.05, 0.1) is 12.6 Å². The summed E-state index contributed by atoms with van der Waals surface area (Å²) in [5.74, 6) is 3.17. The Balaban J connectivity index is 1.30. The number of halogens is 1. The Morgan fingerprint density at radius 1 is 1.08 bits per heavy atom. The second-order valence-corrected chi connectivity index (χ2v) is 9.82. The quantitative estimate of drug-likeness (QED) is 0.412. The number of rotatable bonds is 6. The Kier molecular flexibility index (Phi) is 7.65. The predicted molar refractivity (Wildman–Crippen MR) is 145 cm³/mol. The number of piperidine rings is 1. The van der Waals surface area contributed by atoms with Crippen LogP contribution in [-0.2, 0) is 4.74 Å². The third-order valence-corrected chi connectivity index (χ3v) is 7.10. The highest BCUT2D eigenvalue weighted by Crippen LogP contribution is 2.37. The van der Waals surface area contributed by atoms with Gasteiger partial charge in [-0.15, -0.1) is 0 Å². The number of aryl methyl sites for hydroxylation is 1. The van der Waals surface area contributed by atoms with Crippen LogP contribution >= 0.6 is 11.6 Å². The summed E-state index contributed by atoms with van der Waals surface area (Å²) >= 11 is 6.10. The Morgan fingerprint density at radius 2 is 1.84 bits per heavy atom. The van der Waals surface area contributed by atoms with Crippen LogP contribution < -0.4 is 15.0 Å². The van der Waals surface area contributed by atoms with Crippen LogP contribution in [0.4, 0.5) is 16.3 Å². The van der Waals surface area contributed by atoms with Crippen molar-refractivity contribution in [3.8, 4) is 11.5 Å². The molecule has 194 valence electrons. The van der Waals surface area contributed by atoms with Gasteiger partial charge in [-0.2, -0.15) is 0 Å². The Morgan fingerprint density at radius 3 is 2.59 bits per heavy atom. The maximum absolute atomic E-state index is 12.1. The molecule has 0 spiro atoms. The van der Waals surface area contributed by atoms with Crippen LogP contribution in [0.5, 0.6) is 11.5 Å². The average molecular weight is 522 g/mol. The van der Waals surface area contributed by atoms with E-state index in [-0.39, 0.29) is 12.1 Å². The van der Waals surface area contributed by atoms with E-state index < -0.39 is 0 Å². The highest BCUT2D eigenvalue weighted by atomic mass is 35.5. The van der Waals surface area contributed by atoms with Crippen LogP contribution in [0.1, 0.15) is 43.6 Å². The molecule has 1 fully saturated rings. The number of hydrogen-bond donors (Lipinski definition) is 1. The van der Waals surface area contributed by atoms with Gasteiger partial charge in [-0.05, 0) is 63.4 Å². The van der Waals surface area contributed by atoms with Gasteiger partial charge in [0.25, 0.3) is 0 Å². The number of nitrogens with zero attached hydrogens (tertiary/aromatic N) is 4. The van der Waals surface area contributed by atoms with Crippen LogP contribution in [-0.4, -0.2) is 53.2 Å². The predicted octanol–water partition coefficient (Wildman–Crippen LogP) is 6.21. The summed E-state index contributed by atoms with van der Waals surface area (Å²) in [4.78, 5) is 25.7. The standard InChI is InChI=1S/C28H32ClN5O3/c1-3-36-28(35)33-13-10-22(11-14-33)34-15-12-26(25-18-30-19(2)31-27(25)34)32-21-7-5-9-24(17-21)37-23-8-4-6-20(29)16-23/h4-9,16-18,22,26,32H,3,10-15H2,1-2H3. The van der Waals surface area contributed by atoms with Gasteiger partial charge in [0.15, 0.2) is 0 Å². The first-order valence-corrected chi connectivity index (χ1v) is 13.2. The topological polar surface area (TPSA) is 79.8 Å². The first-order chi connectivity index (χ1) is 18.0. The fraction of sp³-hybridized carbons (Fsp3) is 0.393. The van der Waals surface area contributed by atoms with Gasteiger partial charge in [0.1, 0.15) is 23.1 Å². The molecule has 2 aliphatic heterocycles. The number of hydrogen-bond acceptors (Lipinski definition) is 7. The molecule has 1 saturated heterocycles. The molecule has 0 radical (unpaired) electrons. The number of benzene rings is 2. The number of anilines is 2. The lowest BCUT2D eigenvalue weighted by Gasteiger charge is -2.43. The van der Waals surface area contributed by atoms with Gasteiger partial charge in [0, 0.05) is 54.2 Å². The molecule has 0 saturated carbocycles. The van der Waals surface area contributed by atoms with Gasteiger partial charge < -0.3 is 24.6 Å². The molecule has 1 N–H and O–H groups in total. The second-order valence-electron chi connectivity index (χ2n) is 9.38. The summed E-state index contributed by atoms with van der Waals surface area (Å²) < 4.78 is 11.2. The van der Waals surface area contributed by atoms with Crippen LogP contribution in [0.2, 0.25) is 5.02 Å². The number of carbonyl (C=O) groups is 1. The number of nitrogens with one attached hydrogen (secondary N) is 1. The van der Waals surface area contributed by atoms with Crippen LogP contribution in [0.3, 0.4) is 0 Å². The lowest BCUT2D eigenvalue weighted by molar-refractivity contribution is 0.0966. The van der Waals surface area contributed by atoms with Gasteiger partial charge in [0.2, 0.25) is 0 Å². The van der Waals surface area contributed by atoms with E-state index in [1.54, 1.807) is 11.0 Å². The minimum atomic E-state index is -0.219. The van der Waals surface area contributed by atoms with Crippen molar-refractivity contribution in [2.24, 2.45) is 0 Å². The maximum atomic E-state index is 12.1. The van der Waals surface area contributed by atoms with Crippen molar-refractivity contribution in [3.05, 3.63) is 71.1 Å². The highest BCUT2D eigenvalue weighted by Gasteiger charge is 2.34. The molecule has 0 bridgehead atoms. The maximum Gasteiger partial charge on any atom is 0.409 e. The van der Waals surface area contributed by atoms with E-state index in [9.17, 15) is 4.79 Å². The number of ether oxygens (including phenoxy) is 2. The SMILES string of the molecule is CCOC(=O)N1CCC(N2CCC(Nc3cccc(Oc4cccc(Cl)c4)c3)c3cnc(C)nc32)CC1. The van der Waals surface area contributed by atoms with Crippen LogP contribution in [0.15, 0.2) is 54.7 Å². The van der Waals surface area contributed by atoms with Crippen molar-refractivity contribution in [3.63, 3.8) is 0 Å². The molecule has 3 aromatic rings. The molecule has 1 aromatic heterocycles. The monoisotopic (exact) mass is 521 g/mol. The lowest BCUT2D eigenvalue weighted by Crippen LogP contribution is -2.49. The summed E-state index contributed by atoms with van der Waals surface area (Å²) in [7, 11) is 0. The molecule has 1 unspecified atom stereocenters. The van der Waals surface area contributed by atoms with Gasteiger partial charge >= 0.3 is 6.09 Å². The van der Waals surface area contributed by atoms with Gasteiger partial charge in [-0.25, -0.2) is 14.8 Å². The normalized spacial score (nSPS) is 17.8. The fourth-order valence-electron chi connectivity index (χ4n) is 5.07. The van der Waals surface area contributed by atoms with Crippen molar-refractivity contribution in [2.45, 2.75) is 45.2 Å². The zero-order valence-electron chi connectivity index (χ0n) is 21.2. The van der Waals surface area contributed by atoms with Crippen molar-refractivity contribution in [1.82, 2.24) is 14.9 Å². The molecule has 9 heteroatoms. The van der Waals surface area contributed by atoms with E-state index >= 15 is 0 Å². The van der Waals surface area contributed by atoms with Gasteiger partial charge in [-0.1, -0.05) is 23.7 Å². The molecule has 1 atom stereocenters. The fourth-order valence-corrected chi connectivity index (χ4v) is 5.25. The third-order valence-electron chi connectivity index (χ3n) is 6.86.